The van der Waals surface area contributed by atoms with Gasteiger partial charge in [0, 0.05) is 5.56 Å². The molecule has 3 rings (SSSR count). The zero-order chi connectivity index (χ0) is 22.1. The number of carbonyl (C=O) groups excluding carboxylic acids is 1. The first-order valence-electron chi connectivity index (χ1n) is 8.80. The molecule has 0 unspecified atom stereocenters. The Bertz CT molecular complexity index is 1080. The Morgan fingerprint density at radius 1 is 1.17 bits per heavy atom. The van der Waals surface area contributed by atoms with Gasteiger partial charge in [0.05, 0.1) is 47.2 Å². The van der Waals surface area contributed by atoms with E-state index in [0.717, 1.165) is 12.1 Å². The largest absolute Gasteiger partial charge is 0.496 e. The first kappa shape index (κ1) is 21.6. The Hall–Kier alpha value is -3.10. The highest BCUT2D eigenvalue weighted by Crippen LogP contribution is 2.31. The Kier molecular flexibility index (Phi) is 6.00. The number of anilines is 1. The highest BCUT2D eigenvalue weighted by atomic mass is 35.5. The molecule has 0 aliphatic rings. The molecule has 9 heteroatoms. The van der Waals surface area contributed by atoms with Crippen LogP contribution in [0.4, 0.5) is 14.5 Å². The van der Waals surface area contributed by atoms with Crippen LogP contribution in [0.15, 0.2) is 42.7 Å². The number of carbonyl (C=O) groups is 1. The summed E-state index contributed by atoms with van der Waals surface area (Å²) in [4.78, 5) is 20.8. The molecule has 0 radical (unpaired) electrons. The van der Waals surface area contributed by atoms with Crippen LogP contribution in [-0.2, 0) is 5.60 Å². The topological polar surface area (TPSA) is 84.3 Å². The Morgan fingerprint density at radius 2 is 1.90 bits per heavy atom. The monoisotopic (exact) mass is 433 g/mol. The Balaban J connectivity index is 1.97. The second-order valence-corrected chi connectivity index (χ2v) is 7.34. The summed E-state index contributed by atoms with van der Waals surface area (Å²) in [5.74, 6) is -2.24. The van der Waals surface area contributed by atoms with Crippen LogP contribution in [0.5, 0.6) is 5.75 Å². The van der Waals surface area contributed by atoms with E-state index in [2.05, 4.69) is 15.3 Å². The van der Waals surface area contributed by atoms with Crippen molar-refractivity contribution in [3.8, 4) is 17.0 Å². The fourth-order valence-electron chi connectivity index (χ4n) is 2.68. The number of aliphatic hydroxyl groups is 1. The van der Waals surface area contributed by atoms with E-state index in [1.807, 2.05) is 0 Å². The molecule has 0 aliphatic heterocycles. The van der Waals surface area contributed by atoms with Crippen molar-refractivity contribution in [1.82, 2.24) is 9.97 Å². The molecular formula is C21H18ClF2N3O3. The van der Waals surface area contributed by atoms with Gasteiger partial charge in [-0.3, -0.25) is 14.8 Å². The summed E-state index contributed by atoms with van der Waals surface area (Å²) in [5.41, 5.74) is -1.03. The summed E-state index contributed by atoms with van der Waals surface area (Å²) in [7, 11) is 1.31. The van der Waals surface area contributed by atoms with Crippen LogP contribution in [-0.4, -0.2) is 28.1 Å². The molecule has 0 bridgehead atoms. The van der Waals surface area contributed by atoms with Crippen LogP contribution in [0.3, 0.4) is 0 Å². The number of ether oxygens (including phenoxy) is 1. The number of nitrogens with zero attached hydrogens (tertiary/aromatic N) is 2. The molecule has 1 heterocycles. The van der Waals surface area contributed by atoms with Gasteiger partial charge in [0.15, 0.2) is 0 Å². The molecule has 0 spiro atoms. The van der Waals surface area contributed by atoms with Crippen LogP contribution < -0.4 is 10.1 Å². The lowest BCUT2D eigenvalue weighted by Gasteiger charge is -2.16. The van der Waals surface area contributed by atoms with Gasteiger partial charge in [-0.05, 0) is 38.1 Å². The van der Waals surface area contributed by atoms with Gasteiger partial charge in [-0.15, -0.1) is 0 Å². The highest BCUT2D eigenvalue weighted by Gasteiger charge is 2.22. The van der Waals surface area contributed by atoms with Gasteiger partial charge in [0.1, 0.15) is 23.0 Å². The third kappa shape index (κ3) is 4.39. The van der Waals surface area contributed by atoms with Gasteiger partial charge < -0.3 is 15.2 Å². The van der Waals surface area contributed by atoms with E-state index in [9.17, 15) is 18.7 Å². The molecule has 0 fully saturated rings. The van der Waals surface area contributed by atoms with Gasteiger partial charge in [-0.1, -0.05) is 17.7 Å². The predicted molar refractivity (Wildman–Crippen MR) is 109 cm³/mol. The van der Waals surface area contributed by atoms with E-state index in [-0.39, 0.29) is 33.3 Å². The zero-order valence-corrected chi connectivity index (χ0v) is 17.1. The number of nitrogens with one attached hydrogen (secondary N) is 1. The maximum absolute atomic E-state index is 14.8. The summed E-state index contributed by atoms with van der Waals surface area (Å²) in [6.45, 7) is 3.10. The third-order valence-electron chi connectivity index (χ3n) is 4.29. The minimum atomic E-state index is -1.20. The number of rotatable bonds is 5. The number of para-hydroxylation sites is 1. The summed E-state index contributed by atoms with van der Waals surface area (Å²) >= 11 is 5.92. The second-order valence-electron chi connectivity index (χ2n) is 6.93. The zero-order valence-electron chi connectivity index (χ0n) is 16.3. The van der Waals surface area contributed by atoms with Crippen LogP contribution in [0, 0.1) is 11.6 Å². The van der Waals surface area contributed by atoms with Crippen LogP contribution in [0.25, 0.3) is 11.3 Å². The summed E-state index contributed by atoms with van der Waals surface area (Å²) < 4.78 is 34.0. The minimum Gasteiger partial charge on any atom is -0.496 e. The molecule has 1 aromatic heterocycles. The average molecular weight is 434 g/mol. The lowest BCUT2D eigenvalue weighted by molar-refractivity contribution is 0.0734. The lowest BCUT2D eigenvalue weighted by Crippen LogP contribution is -2.17. The van der Waals surface area contributed by atoms with E-state index in [1.165, 1.54) is 37.7 Å². The molecule has 3 aromatic rings. The maximum atomic E-state index is 14.8. The second kappa shape index (κ2) is 8.33. The van der Waals surface area contributed by atoms with Gasteiger partial charge >= 0.3 is 0 Å². The van der Waals surface area contributed by atoms with Crippen molar-refractivity contribution in [2.45, 2.75) is 19.4 Å². The van der Waals surface area contributed by atoms with Crippen molar-refractivity contribution in [2.24, 2.45) is 0 Å². The minimum absolute atomic E-state index is 0.00146. The summed E-state index contributed by atoms with van der Waals surface area (Å²) in [6.07, 6.45) is 2.64. The van der Waals surface area contributed by atoms with Gasteiger partial charge in [0.2, 0.25) is 0 Å². The molecule has 30 heavy (non-hydrogen) atoms. The molecule has 156 valence electrons. The number of methoxy groups -OCH3 is 1. The molecule has 0 aliphatic carbocycles. The van der Waals surface area contributed by atoms with Crippen molar-refractivity contribution in [3.63, 3.8) is 0 Å². The number of aromatic nitrogens is 2. The lowest BCUT2D eigenvalue weighted by atomic mass is 10.0. The number of hydrogen-bond acceptors (Lipinski definition) is 5. The normalized spacial score (nSPS) is 11.3. The summed E-state index contributed by atoms with van der Waals surface area (Å²) in [5, 5.41) is 12.3. The molecule has 0 saturated carbocycles. The quantitative estimate of drug-likeness (QED) is 0.616. The fourth-order valence-corrected chi connectivity index (χ4v) is 2.89. The predicted octanol–water partition coefficient (Wildman–Crippen LogP) is 4.56. The Morgan fingerprint density at radius 3 is 2.47 bits per heavy atom. The maximum Gasteiger partial charge on any atom is 0.259 e. The number of hydrogen-bond donors (Lipinski definition) is 2. The van der Waals surface area contributed by atoms with E-state index in [0.29, 0.717) is 5.69 Å². The standard InChI is InChI=1S/C21H18ClF2N3O3/c1-21(2,29)18-10-25-16(9-26-18)11-8-17(30-3)12(7-15(11)24)20(28)27-19-13(22)5-4-6-14(19)23/h4-10,29H,1-3H3,(H,27,28). The van der Waals surface area contributed by atoms with E-state index in [1.54, 1.807) is 13.8 Å². The van der Waals surface area contributed by atoms with Crippen LogP contribution in [0.2, 0.25) is 5.02 Å². The summed E-state index contributed by atoms with van der Waals surface area (Å²) in [6, 6.07) is 6.20. The molecule has 6 nitrogen and oxygen atoms in total. The molecule has 2 N–H and O–H groups in total. The number of halogens is 3. The van der Waals surface area contributed by atoms with Crippen molar-refractivity contribution in [2.75, 3.05) is 12.4 Å². The molecule has 0 atom stereocenters. The number of amides is 1. The first-order chi connectivity index (χ1) is 14.1. The van der Waals surface area contributed by atoms with E-state index in [4.69, 9.17) is 16.3 Å². The number of benzene rings is 2. The highest BCUT2D eigenvalue weighted by molar-refractivity contribution is 6.34. The molecular weight excluding hydrogens is 416 g/mol. The SMILES string of the molecule is COc1cc(-c2cnc(C(C)(C)O)cn2)c(F)cc1C(=O)Nc1c(F)cccc1Cl. The van der Waals surface area contributed by atoms with Crippen LogP contribution >= 0.6 is 11.6 Å². The van der Waals surface area contributed by atoms with Crippen molar-refractivity contribution in [1.29, 1.82) is 0 Å². The Labute approximate surface area is 176 Å². The molecule has 0 saturated heterocycles. The van der Waals surface area contributed by atoms with E-state index >= 15 is 0 Å². The first-order valence-corrected chi connectivity index (χ1v) is 9.17. The van der Waals surface area contributed by atoms with Gasteiger partial charge in [-0.25, -0.2) is 8.78 Å². The van der Waals surface area contributed by atoms with Crippen LogP contribution in [0.1, 0.15) is 29.9 Å². The van der Waals surface area contributed by atoms with Gasteiger partial charge in [0.25, 0.3) is 5.91 Å². The fraction of sp³-hybridized carbons (Fsp3) is 0.190. The van der Waals surface area contributed by atoms with Crippen molar-refractivity contribution < 1.29 is 23.4 Å². The average Bonchev–Trinajstić information content (AvgIpc) is 2.70. The van der Waals surface area contributed by atoms with Gasteiger partial charge in [-0.2, -0.15) is 0 Å². The molecule has 1 amide bonds. The smallest absolute Gasteiger partial charge is 0.259 e. The third-order valence-corrected chi connectivity index (χ3v) is 4.60. The molecule has 2 aromatic carbocycles. The van der Waals surface area contributed by atoms with Crippen molar-refractivity contribution >= 4 is 23.2 Å². The van der Waals surface area contributed by atoms with Crippen molar-refractivity contribution in [3.05, 3.63) is 70.6 Å². The van der Waals surface area contributed by atoms with E-state index < -0.39 is 23.1 Å².